The van der Waals surface area contributed by atoms with E-state index in [1.807, 2.05) is 12.1 Å². The van der Waals surface area contributed by atoms with E-state index >= 15 is 0 Å². The third-order valence-corrected chi connectivity index (χ3v) is 4.39. The van der Waals surface area contributed by atoms with Crippen molar-refractivity contribution < 1.29 is 13.9 Å². The van der Waals surface area contributed by atoms with E-state index in [9.17, 15) is 4.39 Å². The predicted octanol–water partition coefficient (Wildman–Crippen LogP) is 3.21. The number of methoxy groups -OCH3 is 1. The lowest BCUT2D eigenvalue weighted by Gasteiger charge is -2.31. The molecule has 0 bridgehead atoms. The van der Waals surface area contributed by atoms with Crippen LogP contribution in [0.1, 0.15) is 18.1 Å². The third kappa shape index (κ3) is 4.94. The molecule has 0 radical (unpaired) electrons. The van der Waals surface area contributed by atoms with Crippen molar-refractivity contribution >= 4 is 0 Å². The Morgan fingerprint density at radius 2 is 1.88 bits per heavy atom. The molecule has 5 heteroatoms. The number of benzene rings is 2. The lowest BCUT2D eigenvalue weighted by molar-refractivity contribution is 0.199. The van der Waals surface area contributed by atoms with Gasteiger partial charge in [0.05, 0.1) is 7.11 Å². The summed E-state index contributed by atoms with van der Waals surface area (Å²) in [5.41, 5.74) is 2.13. The van der Waals surface area contributed by atoms with Crippen LogP contribution in [0, 0.1) is 5.82 Å². The first-order valence-electron chi connectivity index (χ1n) is 8.64. The summed E-state index contributed by atoms with van der Waals surface area (Å²) >= 11 is 0. The molecule has 1 aliphatic rings. The molecule has 0 unspecified atom stereocenters. The highest BCUT2D eigenvalue weighted by Gasteiger charge is 2.16. The maximum Gasteiger partial charge on any atom is 0.161 e. The first kappa shape index (κ1) is 17.7. The minimum atomic E-state index is -0.243. The van der Waals surface area contributed by atoms with Crippen LogP contribution in [0.3, 0.4) is 0 Å². The highest BCUT2D eigenvalue weighted by Crippen LogP contribution is 2.29. The average molecular weight is 344 g/mol. The Balaban J connectivity index is 1.63. The van der Waals surface area contributed by atoms with E-state index in [2.05, 4.69) is 23.2 Å². The van der Waals surface area contributed by atoms with Crippen molar-refractivity contribution in [1.82, 2.24) is 10.2 Å². The Morgan fingerprint density at radius 1 is 1.12 bits per heavy atom. The predicted molar refractivity (Wildman–Crippen MR) is 96.5 cm³/mol. The van der Waals surface area contributed by atoms with Crippen LogP contribution >= 0.6 is 0 Å². The molecule has 2 aromatic carbocycles. The van der Waals surface area contributed by atoms with Gasteiger partial charge in [-0.05, 0) is 42.3 Å². The van der Waals surface area contributed by atoms with Gasteiger partial charge in [0.25, 0.3) is 0 Å². The minimum absolute atomic E-state index is 0.243. The van der Waals surface area contributed by atoms with Crippen molar-refractivity contribution in [2.75, 3.05) is 26.7 Å². The van der Waals surface area contributed by atoms with E-state index in [0.29, 0.717) is 18.4 Å². The van der Waals surface area contributed by atoms with Crippen LogP contribution in [0.5, 0.6) is 11.5 Å². The van der Waals surface area contributed by atoms with E-state index < -0.39 is 0 Å². The summed E-state index contributed by atoms with van der Waals surface area (Å²) in [6.07, 6.45) is 0. The summed E-state index contributed by atoms with van der Waals surface area (Å²) in [4.78, 5) is 2.44. The molecule has 1 fully saturated rings. The molecule has 1 saturated heterocycles. The molecule has 134 valence electrons. The van der Waals surface area contributed by atoms with E-state index in [-0.39, 0.29) is 5.82 Å². The van der Waals surface area contributed by atoms with Crippen molar-refractivity contribution in [2.45, 2.75) is 26.1 Å². The van der Waals surface area contributed by atoms with Gasteiger partial charge in [0.15, 0.2) is 11.5 Å². The average Bonchev–Trinajstić information content (AvgIpc) is 2.62. The maximum atomic E-state index is 13.0. The first-order chi connectivity index (χ1) is 12.1. The Morgan fingerprint density at radius 3 is 2.60 bits per heavy atom. The number of halogens is 1. The lowest BCUT2D eigenvalue weighted by atomic mass is 10.1. The molecule has 1 aliphatic heterocycles. The van der Waals surface area contributed by atoms with Crippen LogP contribution < -0.4 is 14.8 Å². The normalized spacial score (nSPS) is 18.1. The van der Waals surface area contributed by atoms with E-state index in [1.165, 1.54) is 17.7 Å². The van der Waals surface area contributed by atoms with E-state index in [4.69, 9.17) is 9.47 Å². The summed E-state index contributed by atoms with van der Waals surface area (Å²) in [5, 5.41) is 3.46. The highest BCUT2D eigenvalue weighted by molar-refractivity contribution is 5.43. The van der Waals surface area contributed by atoms with Gasteiger partial charge in [0.2, 0.25) is 0 Å². The second kappa shape index (κ2) is 8.32. The standard InChI is InChI=1S/C20H25FN2O2/c1-15-12-23(10-9-22-15)13-17-5-8-19(20(11-17)24-2)25-14-16-3-6-18(21)7-4-16/h3-8,11,15,22H,9-10,12-14H2,1-2H3/t15-/m1/s1. The fraction of sp³-hybridized carbons (Fsp3) is 0.400. The molecule has 25 heavy (non-hydrogen) atoms. The van der Waals surface area contributed by atoms with Crippen molar-refractivity contribution in [3.05, 3.63) is 59.4 Å². The fourth-order valence-electron chi connectivity index (χ4n) is 3.09. The highest BCUT2D eigenvalue weighted by atomic mass is 19.1. The van der Waals surface area contributed by atoms with Gasteiger partial charge in [0.1, 0.15) is 12.4 Å². The Bertz CT molecular complexity index is 691. The molecule has 0 aliphatic carbocycles. The van der Waals surface area contributed by atoms with Crippen molar-refractivity contribution in [3.8, 4) is 11.5 Å². The lowest BCUT2D eigenvalue weighted by Crippen LogP contribution is -2.48. The van der Waals surface area contributed by atoms with Crippen LogP contribution in [-0.4, -0.2) is 37.7 Å². The van der Waals surface area contributed by atoms with Gasteiger partial charge in [-0.15, -0.1) is 0 Å². The number of piperazine rings is 1. The van der Waals surface area contributed by atoms with Gasteiger partial charge < -0.3 is 14.8 Å². The van der Waals surface area contributed by atoms with Crippen LogP contribution in [0.25, 0.3) is 0 Å². The van der Waals surface area contributed by atoms with Crippen molar-refractivity contribution in [1.29, 1.82) is 0 Å². The number of nitrogens with zero attached hydrogens (tertiary/aromatic N) is 1. The van der Waals surface area contributed by atoms with Gasteiger partial charge in [-0.25, -0.2) is 4.39 Å². The summed E-state index contributed by atoms with van der Waals surface area (Å²) in [7, 11) is 1.65. The van der Waals surface area contributed by atoms with Crippen molar-refractivity contribution in [2.24, 2.45) is 0 Å². The number of rotatable bonds is 6. The number of ether oxygens (including phenoxy) is 2. The van der Waals surface area contributed by atoms with Crippen LogP contribution in [0.2, 0.25) is 0 Å². The smallest absolute Gasteiger partial charge is 0.161 e. The van der Waals surface area contributed by atoms with Crippen LogP contribution in [-0.2, 0) is 13.2 Å². The molecule has 1 heterocycles. The SMILES string of the molecule is COc1cc(CN2CCN[C@H](C)C2)ccc1OCc1ccc(F)cc1. The zero-order valence-electron chi connectivity index (χ0n) is 14.8. The first-order valence-corrected chi connectivity index (χ1v) is 8.64. The molecular weight excluding hydrogens is 319 g/mol. The third-order valence-electron chi connectivity index (χ3n) is 4.39. The quantitative estimate of drug-likeness (QED) is 0.872. The molecule has 0 aromatic heterocycles. The van der Waals surface area contributed by atoms with Gasteiger partial charge in [-0.3, -0.25) is 4.90 Å². The number of nitrogens with one attached hydrogen (secondary N) is 1. The van der Waals surface area contributed by atoms with Crippen molar-refractivity contribution in [3.63, 3.8) is 0 Å². The minimum Gasteiger partial charge on any atom is -0.493 e. The largest absolute Gasteiger partial charge is 0.493 e. The Kier molecular flexibility index (Phi) is 5.89. The molecule has 0 saturated carbocycles. The van der Waals surface area contributed by atoms with Gasteiger partial charge in [-0.2, -0.15) is 0 Å². The van der Waals surface area contributed by atoms with Crippen LogP contribution in [0.15, 0.2) is 42.5 Å². The maximum absolute atomic E-state index is 13.0. The summed E-state index contributed by atoms with van der Waals surface area (Å²) < 4.78 is 24.3. The second-order valence-electron chi connectivity index (χ2n) is 6.49. The molecule has 0 spiro atoms. The molecule has 0 amide bonds. The second-order valence-corrected chi connectivity index (χ2v) is 6.49. The van der Waals surface area contributed by atoms with Gasteiger partial charge >= 0.3 is 0 Å². The summed E-state index contributed by atoms with van der Waals surface area (Å²) in [6, 6.07) is 12.9. The summed E-state index contributed by atoms with van der Waals surface area (Å²) in [6.45, 7) is 6.61. The molecule has 4 nitrogen and oxygen atoms in total. The Hall–Kier alpha value is -2.11. The van der Waals surface area contributed by atoms with Crippen LogP contribution in [0.4, 0.5) is 4.39 Å². The zero-order chi connectivity index (χ0) is 17.6. The number of hydrogen-bond acceptors (Lipinski definition) is 4. The molecule has 1 N–H and O–H groups in total. The topological polar surface area (TPSA) is 33.7 Å². The molecule has 2 aromatic rings. The fourth-order valence-corrected chi connectivity index (χ4v) is 3.09. The molecule has 1 atom stereocenters. The molecule has 3 rings (SSSR count). The molecular formula is C20H25FN2O2. The number of hydrogen-bond donors (Lipinski definition) is 1. The summed E-state index contributed by atoms with van der Waals surface area (Å²) in [5.74, 6) is 1.18. The Labute approximate surface area is 148 Å². The van der Waals surface area contributed by atoms with E-state index in [1.54, 1.807) is 19.2 Å². The van der Waals surface area contributed by atoms with Gasteiger partial charge in [0, 0.05) is 32.2 Å². The zero-order valence-corrected chi connectivity index (χ0v) is 14.8. The van der Waals surface area contributed by atoms with Gasteiger partial charge in [-0.1, -0.05) is 18.2 Å². The van der Waals surface area contributed by atoms with E-state index in [0.717, 1.165) is 37.5 Å². The monoisotopic (exact) mass is 344 g/mol.